The molecule has 2 fully saturated rings. The summed E-state index contributed by atoms with van der Waals surface area (Å²) < 4.78 is 0. The molecular weight excluding hydrogens is 470 g/mol. The van der Waals surface area contributed by atoms with Crippen LogP contribution in [0.2, 0.25) is 0 Å². The molecule has 2 aliphatic heterocycles. The van der Waals surface area contributed by atoms with Crippen LogP contribution < -0.4 is 0 Å². The van der Waals surface area contributed by atoms with Gasteiger partial charge < -0.3 is 23.5 Å². The van der Waals surface area contributed by atoms with Gasteiger partial charge in [0.15, 0.2) is 0 Å². The standard InChI is InChI=1S/2C8H16N.2C3H7.2Y/c2*1-7(2)8-4-3-5-9-6-8;2*1-3-2;;/h2*7-8H,3-6H2,1-2H3;2*3H,1-2H3;;/q4*-1;;/t2*8-;;;;/m10..../s1. The Balaban J connectivity index is -0.000000136. The fourth-order valence-electron chi connectivity index (χ4n) is 2.72. The molecule has 4 heteroatoms. The SMILES string of the molecule is CC(C)[C@@H]1CCC[N-]C1.CC(C)[C@H]1CCC[N-]C1.C[CH-]C.C[CH-]C.[Y].[Y]. The molecule has 2 nitrogen and oxygen atoms in total. The molecular formula is C22H46N2Y2-4. The maximum Gasteiger partial charge on any atom is 0 e. The Kier molecular flexibility index (Phi) is 37.1. The van der Waals surface area contributed by atoms with Crippen LogP contribution in [0.1, 0.15) is 81.1 Å². The van der Waals surface area contributed by atoms with Gasteiger partial charge in [-0.1, -0.05) is 65.2 Å². The zero-order valence-corrected chi connectivity index (χ0v) is 24.8. The average molecular weight is 516 g/mol. The number of nitrogens with zero attached hydrogens (tertiary/aromatic N) is 2. The van der Waals surface area contributed by atoms with Crippen molar-refractivity contribution in [2.45, 2.75) is 81.1 Å². The molecule has 26 heavy (non-hydrogen) atoms. The van der Waals surface area contributed by atoms with Crippen molar-refractivity contribution in [3.8, 4) is 0 Å². The second kappa shape index (κ2) is 27.1. The van der Waals surface area contributed by atoms with Crippen LogP contribution in [0.4, 0.5) is 0 Å². The summed E-state index contributed by atoms with van der Waals surface area (Å²) in [7, 11) is 0. The van der Waals surface area contributed by atoms with E-state index in [0.717, 1.165) is 49.9 Å². The first kappa shape index (κ1) is 35.6. The van der Waals surface area contributed by atoms with Crippen LogP contribution in [0.25, 0.3) is 10.6 Å². The van der Waals surface area contributed by atoms with E-state index in [1.807, 2.05) is 40.5 Å². The summed E-state index contributed by atoms with van der Waals surface area (Å²) in [6.07, 6.45) is 9.45. The molecule has 0 aromatic rings. The predicted molar refractivity (Wildman–Crippen MR) is 113 cm³/mol. The Labute approximate surface area is 217 Å². The summed E-state index contributed by atoms with van der Waals surface area (Å²) >= 11 is 0. The quantitative estimate of drug-likeness (QED) is 0.345. The van der Waals surface area contributed by atoms with Gasteiger partial charge in [0.1, 0.15) is 0 Å². The number of hydrogen-bond donors (Lipinski definition) is 0. The summed E-state index contributed by atoms with van der Waals surface area (Å²) in [4.78, 5) is 0. The minimum atomic E-state index is 0. The van der Waals surface area contributed by atoms with Gasteiger partial charge in [-0.05, 0) is 11.8 Å². The van der Waals surface area contributed by atoms with Crippen molar-refractivity contribution in [1.82, 2.24) is 0 Å². The van der Waals surface area contributed by atoms with Gasteiger partial charge in [-0.25, -0.2) is 0 Å². The fraction of sp³-hybridized carbons (Fsp3) is 0.909. The van der Waals surface area contributed by atoms with E-state index in [9.17, 15) is 0 Å². The van der Waals surface area contributed by atoms with Crippen LogP contribution in [0.15, 0.2) is 0 Å². The molecule has 2 rings (SSSR count). The average Bonchev–Trinajstić information content (AvgIpc) is 2.58. The number of piperidine rings is 2. The fourth-order valence-corrected chi connectivity index (χ4v) is 2.72. The zero-order valence-electron chi connectivity index (χ0n) is 19.2. The van der Waals surface area contributed by atoms with Crippen molar-refractivity contribution in [2.24, 2.45) is 23.7 Å². The Morgan fingerprint density at radius 2 is 0.923 bits per heavy atom. The van der Waals surface area contributed by atoms with E-state index in [1.54, 1.807) is 0 Å². The van der Waals surface area contributed by atoms with Crippen molar-refractivity contribution >= 4 is 0 Å². The normalized spacial score (nSPS) is 21.5. The second-order valence-electron chi connectivity index (χ2n) is 7.71. The van der Waals surface area contributed by atoms with Gasteiger partial charge >= 0.3 is 0 Å². The molecule has 0 N–H and O–H groups in total. The van der Waals surface area contributed by atoms with Crippen LogP contribution in [-0.2, 0) is 65.4 Å². The van der Waals surface area contributed by atoms with E-state index in [-0.39, 0.29) is 65.4 Å². The molecule has 0 amide bonds. The third-order valence-electron chi connectivity index (χ3n) is 4.40. The smallest absolute Gasteiger partial charge is 0 e. The molecule has 2 atom stereocenters. The summed E-state index contributed by atoms with van der Waals surface area (Å²) in [5.74, 6) is 3.46. The molecule has 154 valence electrons. The topological polar surface area (TPSA) is 28.2 Å². The minimum Gasteiger partial charge on any atom is -0.662 e. The first-order valence-electron chi connectivity index (χ1n) is 10.2. The van der Waals surface area contributed by atoms with E-state index in [4.69, 9.17) is 0 Å². The monoisotopic (exact) mass is 516 g/mol. The molecule has 0 aliphatic carbocycles. The first-order valence-corrected chi connectivity index (χ1v) is 10.2. The number of rotatable bonds is 2. The van der Waals surface area contributed by atoms with Crippen LogP contribution in [0, 0.1) is 36.5 Å². The predicted octanol–water partition coefficient (Wildman–Crippen LogP) is 7.31. The molecule has 2 radical (unpaired) electrons. The second-order valence-corrected chi connectivity index (χ2v) is 7.71. The molecule has 0 aromatic heterocycles. The molecule has 0 saturated carbocycles. The summed E-state index contributed by atoms with van der Waals surface area (Å²) in [5, 5.41) is 8.76. The molecule has 2 saturated heterocycles. The van der Waals surface area contributed by atoms with Crippen molar-refractivity contribution < 1.29 is 65.4 Å². The van der Waals surface area contributed by atoms with Crippen molar-refractivity contribution in [2.75, 3.05) is 26.2 Å². The third-order valence-corrected chi connectivity index (χ3v) is 4.40. The van der Waals surface area contributed by atoms with Gasteiger partial charge in [0, 0.05) is 65.4 Å². The van der Waals surface area contributed by atoms with Gasteiger partial charge in [-0.15, -0.1) is 26.2 Å². The Bertz CT molecular complexity index is 200. The van der Waals surface area contributed by atoms with E-state index in [2.05, 4.69) is 38.3 Å². The summed E-state index contributed by atoms with van der Waals surface area (Å²) in [5.41, 5.74) is 0. The molecule has 0 aromatic carbocycles. The van der Waals surface area contributed by atoms with Crippen molar-refractivity contribution in [3.63, 3.8) is 0 Å². The van der Waals surface area contributed by atoms with Crippen LogP contribution in [0.3, 0.4) is 0 Å². The van der Waals surface area contributed by atoms with Gasteiger partial charge in [0.2, 0.25) is 0 Å². The maximum absolute atomic E-state index is 4.38. The van der Waals surface area contributed by atoms with Gasteiger partial charge in [0.25, 0.3) is 0 Å². The van der Waals surface area contributed by atoms with E-state index in [0.29, 0.717) is 0 Å². The van der Waals surface area contributed by atoms with Crippen LogP contribution in [0.5, 0.6) is 0 Å². The largest absolute Gasteiger partial charge is 0.662 e. The Hall–Kier alpha value is 2.13. The molecule has 0 bridgehead atoms. The molecule has 2 heterocycles. The van der Waals surface area contributed by atoms with E-state index >= 15 is 0 Å². The van der Waals surface area contributed by atoms with Crippen molar-refractivity contribution in [3.05, 3.63) is 23.5 Å². The van der Waals surface area contributed by atoms with E-state index < -0.39 is 0 Å². The Morgan fingerprint density at radius 3 is 1.04 bits per heavy atom. The number of hydrogen-bond acceptors (Lipinski definition) is 0. The molecule has 0 spiro atoms. The Morgan fingerprint density at radius 1 is 0.654 bits per heavy atom. The summed E-state index contributed by atoms with van der Waals surface area (Å²) in [6.45, 7) is 21.7. The van der Waals surface area contributed by atoms with Gasteiger partial charge in [-0.3, -0.25) is 0 Å². The van der Waals surface area contributed by atoms with Crippen LogP contribution in [-0.4, -0.2) is 26.2 Å². The van der Waals surface area contributed by atoms with Crippen LogP contribution >= 0.6 is 0 Å². The maximum atomic E-state index is 4.38. The van der Waals surface area contributed by atoms with Gasteiger partial charge in [0.05, 0.1) is 0 Å². The van der Waals surface area contributed by atoms with Crippen molar-refractivity contribution in [1.29, 1.82) is 0 Å². The van der Waals surface area contributed by atoms with E-state index in [1.165, 1.54) is 25.7 Å². The molecule has 2 aliphatic rings. The zero-order chi connectivity index (χ0) is 18.8. The minimum absolute atomic E-state index is 0. The third kappa shape index (κ3) is 24.2. The molecule has 0 unspecified atom stereocenters. The van der Waals surface area contributed by atoms with Gasteiger partial charge in [-0.2, -0.15) is 27.7 Å². The first-order chi connectivity index (χ1) is 11.4. The summed E-state index contributed by atoms with van der Waals surface area (Å²) in [6, 6.07) is 0.